The summed E-state index contributed by atoms with van der Waals surface area (Å²) in [5, 5.41) is 2.73. The molecule has 2 fully saturated rings. The molecule has 0 aromatic heterocycles. The van der Waals surface area contributed by atoms with Crippen LogP contribution in [0.4, 0.5) is 0 Å². The van der Waals surface area contributed by atoms with E-state index in [-0.39, 0.29) is 19.1 Å². The number of hydrogen-bond donors (Lipinski definition) is 1. The van der Waals surface area contributed by atoms with Gasteiger partial charge >= 0.3 is 0 Å². The van der Waals surface area contributed by atoms with Crippen molar-refractivity contribution in [2.45, 2.75) is 50.5 Å². The Labute approximate surface area is 193 Å². The number of nitrogens with one attached hydrogen (secondary N) is 1. The van der Waals surface area contributed by atoms with Gasteiger partial charge in [-0.25, -0.2) is 0 Å². The predicted molar refractivity (Wildman–Crippen MR) is 117 cm³/mol. The Hall–Kier alpha value is -2.34. The minimum Gasteiger partial charge on any atom is -0.346 e. The Morgan fingerprint density at radius 1 is 1.06 bits per heavy atom. The molecule has 10 heteroatoms. The van der Waals surface area contributed by atoms with Crippen LogP contribution in [0.1, 0.15) is 24.3 Å². The lowest BCUT2D eigenvalue weighted by molar-refractivity contribution is -0.342. The second-order valence-corrected chi connectivity index (χ2v) is 9.61. The molecule has 2 aliphatic rings. The first-order valence-electron chi connectivity index (χ1n) is 10.6. The fourth-order valence-electron chi connectivity index (χ4n) is 3.95. The fourth-order valence-corrected chi connectivity index (χ4v) is 4.58. The average Bonchev–Trinajstić information content (AvgIpc) is 2.79. The first-order chi connectivity index (χ1) is 15.8. The standard InChI is InChI=1S/C23H27NO8S/c1-15(25)24-19-21(32-33(2,26)27)20-18(14-29-22(31-20)17-11-7-4-8-12-17)30-23(19)28-13-16-9-5-3-6-10-16/h3-12,18-23H,13-14H2,1-2H3,(H,24,25)/t18?,19?,20-,21-,22?,23?/m0/s1. The Balaban J connectivity index is 1.60. The van der Waals surface area contributed by atoms with Crippen LogP contribution < -0.4 is 5.32 Å². The summed E-state index contributed by atoms with van der Waals surface area (Å²) in [7, 11) is -3.90. The van der Waals surface area contributed by atoms with E-state index in [1.165, 1.54) is 6.92 Å². The van der Waals surface area contributed by atoms with E-state index in [9.17, 15) is 13.2 Å². The molecule has 4 rings (SSSR count). The number of carbonyl (C=O) groups excluding carboxylic acids is 1. The van der Waals surface area contributed by atoms with Gasteiger partial charge in [-0.1, -0.05) is 60.7 Å². The molecule has 2 aromatic carbocycles. The van der Waals surface area contributed by atoms with Crippen molar-refractivity contribution < 1.29 is 36.3 Å². The third kappa shape index (κ3) is 6.17. The highest BCUT2D eigenvalue weighted by atomic mass is 32.2. The van der Waals surface area contributed by atoms with Gasteiger partial charge in [0, 0.05) is 12.5 Å². The number of rotatable bonds is 7. The van der Waals surface area contributed by atoms with Crippen LogP contribution >= 0.6 is 0 Å². The Morgan fingerprint density at radius 3 is 2.36 bits per heavy atom. The Morgan fingerprint density at radius 2 is 1.73 bits per heavy atom. The lowest BCUT2D eigenvalue weighted by Crippen LogP contribution is -2.67. The first-order valence-corrected chi connectivity index (χ1v) is 12.4. The van der Waals surface area contributed by atoms with Gasteiger partial charge in [-0.3, -0.25) is 8.98 Å². The van der Waals surface area contributed by atoms with Crippen LogP contribution in [0, 0.1) is 0 Å². The molecular weight excluding hydrogens is 450 g/mol. The third-order valence-corrected chi connectivity index (χ3v) is 5.90. The summed E-state index contributed by atoms with van der Waals surface area (Å²) in [6.45, 7) is 1.65. The minimum atomic E-state index is -3.90. The number of hydrogen-bond acceptors (Lipinski definition) is 8. The molecule has 2 saturated heterocycles. The summed E-state index contributed by atoms with van der Waals surface area (Å²) in [6.07, 6.45) is -3.34. The Kier molecular flexibility index (Phi) is 7.42. The van der Waals surface area contributed by atoms with E-state index in [0.717, 1.165) is 17.4 Å². The zero-order valence-electron chi connectivity index (χ0n) is 18.3. The molecule has 4 unspecified atom stereocenters. The van der Waals surface area contributed by atoms with Crippen LogP contribution in [0.5, 0.6) is 0 Å². The van der Waals surface area contributed by atoms with E-state index in [4.69, 9.17) is 23.1 Å². The molecule has 9 nitrogen and oxygen atoms in total. The first kappa shape index (κ1) is 23.8. The zero-order valence-corrected chi connectivity index (χ0v) is 19.1. The van der Waals surface area contributed by atoms with E-state index in [0.29, 0.717) is 0 Å². The maximum absolute atomic E-state index is 12.1. The van der Waals surface area contributed by atoms with Crippen molar-refractivity contribution in [3.05, 3.63) is 71.8 Å². The van der Waals surface area contributed by atoms with Gasteiger partial charge in [0.2, 0.25) is 5.91 Å². The molecule has 0 radical (unpaired) electrons. The van der Waals surface area contributed by atoms with Crippen molar-refractivity contribution in [1.29, 1.82) is 0 Å². The van der Waals surface area contributed by atoms with Crippen molar-refractivity contribution in [3.8, 4) is 0 Å². The van der Waals surface area contributed by atoms with Crippen LogP contribution in [0.2, 0.25) is 0 Å². The van der Waals surface area contributed by atoms with Crippen molar-refractivity contribution in [2.75, 3.05) is 12.9 Å². The second kappa shape index (κ2) is 10.3. The predicted octanol–water partition coefficient (Wildman–Crippen LogP) is 1.89. The molecule has 0 bridgehead atoms. The van der Waals surface area contributed by atoms with Gasteiger partial charge < -0.3 is 24.3 Å². The van der Waals surface area contributed by atoms with Crippen LogP contribution in [-0.2, 0) is 44.7 Å². The number of carbonyl (C=O) groups is 1. The van der Waals surface area contributed by atoms with Crippen molar-refractivity contribution in [3.63, 3.8) is 0 Å². The summed E-state index contributed by atoms with van der Waals surface area (Å²) in [4.78, 5) is 12.0. The van der Waals surface area contributed by atoms with Gasteiger partial charge in [-0.15, -0.1) is 0 Å². The second-order valence-electron chi connectivity index (χ2n) is 8.01. The normalized spacial score (nSPS) is 29.8. The number of amides is 1. The van der Waals surface area contributed by atoms with Crippen LogP contribution in [-0.4, -0.2) is 57.8 Å². The molecule has 2 heterocycles. The summed E-state index contributed by atoms with van der Waals surface area (Å²) in [6, 6.07) is 17.8. The molecule has 0 aliphatic carbocycles. The van der Waals surface area contributed by atoms with E-state index in [2.05, 4.69) is 5.32 Å². The molecule has 2 aliphatic heterocycles. The molecule has 1 amide bonds. The topological polar surface area (TPSA) is 109 Å². The fraction of sp³-hybridized carbons (Fsp3) is 0.435. The van der Waals surface area contributed by atoms with E-state index in [1.54, 1.807) is 0 Å². The highest BCUT2D eigenvalue weighted by Crippen LogP contribution is 2.36. The van der Waals surface area contributed by atoms with Gasteiger partial charge in [0.25, 0.3) is 10.1 Å². The van der Waals surface area contributed by atoms with Crippen molar-refractivity contribution >= 4 is 16.0 Å². The number of ether oxygens (including phenoxy) is 4. The maximum atomic E-state index is 12.1. The largest absolute Gasteiger partial charge is 0.346 e. The summed E-state index contributed by atoms with van der Waals surface area (Å²) in [5.74, 6) is -0.385. The molecule has 2 aromatic rings. The molecule has 1 N–H and O–H groups in total. The molecule has 178 valence electrons. The number of fused-ring (bicyclic) bond motifs is 1. The third-order valence-electron chi connectivity index (χ3n) is 5.32. The van der Waals surface area contributed by atoms with E-state index >= 15 is 0 Å². The maximum Gasteiger partial charge on any atom is 0.264 e. The van der Waals surface area contributed by atoms with Crippen molar-refractivity contribution in [2.24, 2.45) is 0 Å². The number of benzene rings is 2. The summed E-state index contributed by atoms with van der Waals surface area (Å²) < 4.78 is 53.7. The van der Waals surface area contributed by atoms with Crippen molar-refractivity contribution in [1.82, 2.24) is 5.32 Å². The molecular formula is C23H27NO8S. The van der Waals surface area contributed by atoms with E-state index in [1.807, 2.05) is 60.7 Å². The SMILES string of the molecule is CC(=O)NC1C(OCc2ccccc2)OC2COC(c3ccccc3)O[C@@H]2[C@H]1OS(C)(=O)=O. The molecule has 0 spiro atoms. The van der Waals surface area contributed by atoms with Crippen LogP contribution in [0.15, 0.2) is 60.7 Å². The zero-order chi connectivity index (χ0) is 23.4. The van der Waals surface area contributed by atoms with Gasteiger partial charge in [0.05, 0.1) is 19.5 Å². The molecule has 6 atom stereocenters. The van der Waals surface area contributed by atoms with Crippen LogP contribution in [0.3, 0.4) is 0 Å². The monoisotopic (exact) mass is 477 g/mol. The lowest BCUT2D eigenvalue weighted by atomic mass is 9.95. The quantitative estimate of drug-likeness (QED) is 0.602. The highest BCUT2D eigenvalue weighted by Gasteiger charge is 2.52. The van der Waals surface area contributed by atoms with Gasteiger partial charge in [-0.2, -0.15) is 8.42 Å². The minimum absolute atomic E-state index is 0.131. The lowest BCUT2D eigenvalue weighted by Gasteiger charge is -2.48. The Bertz CT molecular complexity index is 1030. The smallest absolute Gasteiger partial charge is 0.264 e. The summed E-state index contributed by atoms with van der Waals surface area (Å²) in [5.41, 5.74) is 1.67. The van der Waals surface area contributed by atoms with Gasteiger partial charge in [0.15, 0.2) is 12.6 Å². The summed E-state index contributed by atoms with van der Waals surface area (Å²) >= 11 is 0. The highest BCUT2D eigenvalue weighted by molar-refractivity contribution is 7.86. The molecule has 33 heavy (non-hydrogen) atoms. The molecule has 0 saturated carbocycles. The van der Waals surface area contributed by atoms with Gasteiger partial charge in [0.1, 0.15) is 24.4 Å². The van der Waals surface area contributed by atoms with E-state index < -0.39 is 47.1 Å². The van der Waals surface area contributed by atoms with Crippen LogP contribution in [0.25, 0.3) is 0 Å². The van der Waals surface area contributed by atoms with Gasteiger partial charge in [-0.05, 0) is 5.56 Å². The average molecular weight is 478 g/mol.